The van der Waals surface area contributed by atoms with Crippen LogP contribution in [0, 0.1) is 0 Å². The van der Waals surface area contributed by atoms with Crippen LogP contribution >= 0.6 is 31.9 Å². The molecule has 0 saturated heterocycles. The molecule has 4 heteroatoms. The highest BCUT2D eigenvalue weighted by Gasteiger charge is 2.00. The van der Waals surface area contributed by atoms with E-state index in [1.807, 2.05) is 12.1 Å². The molecule has 60 valence electrons. The third kappa shape index (κ3) is 1.36. The summed E-state index contributed by atoms with van der Waals surface area (Å²) in [6, 6.07) is 3.87. The van der Waals surface area contributed by atoms with Crippen LogP contribution in [-0.2, 0) is 0 Å². The molecule has 0 aliphatic rings. The van der Waals surface area contributed by atoms with E-state index in [1.54, 1.807) is 12.4 Å². The van der Waals surface area contributed by atoms with Crippen molar-refractivity contribution in [1.82, 2.24) is 9.97 Å². The Morgan fingerprint density at radius 3 is 1.67 bits per heavy atom. The molecule has 12 heavy (non-hydrogen) atoms. The number of halogens is 2. The van der Waals surface area contributed by atoms with Gasteiger partial charge in [-0.15, -0.1) is 0 Å². The molecule has 0 aliphatic heterocycles. The molecule has 2 nitrogen and oxygen atoms in total. The molecule has 1 aromatic heterocycles. The van der Waals surface area contributed by atoms with Gasteiger partial charge in [-0.05, 0) is 44.0 Å². The Labute approximate surface area is 86.3 Å². The maximum absolute atomic E-state index is 4.17. The fourth-order valence-corrected chi connectivity index (χ4v) is 1.62. The van der Waals surface area contributed by atoms with Crippen LogP contribution < -0.4 is 0 Å². The van der Waals surface area contributed by atoms with Crippen molar-refractivity contribution in [1.29, 1.82) is 0 Å². The van der Waals surface area contributed by atoms with Crippen LogP contribution in [0.3, 0.4) is 0 Å². The largest absolute Gasteiger partial charge is 0.253 e. The molecule has 0 spiro atoms. The lowest BCUT2D eigenvalue weighted by atomic mass is 10.3. The van der Waals surface area contributed by atoms with Gasteiger partial charge in [0.1, 0.15) is 0 Å². The van der Waals surface area contributed by atoms with Gasteiger partial charge in [0.25, 0.3) is 0 Å². The van der Waals surface area contributed by atoms with Crippen LogP contribution in [0.5, 0.6) is 0 Å². The minimum atomic E-state index is 0.896. The Kier molecular flexibility index (Phi) is 2.11. The van der Waals surface area contributed by atoms with Gasteiger partial charge in [-0.25, -0.2) is 0 Å². The Morgan fingerprint density at radius 1 is 0.833 bits per heavy atom. The van der Waals surface area contributed by atoms with E-state index in [4.69, 9.17) is 0 Å². The van der Waals surface area contributed by atoms with Gasteiger partial charge in [0.15, 0.2) is 0 Å². The highest BCUT2D eigenvalue weighted by Crippen LogP contribution is 2.26. The fourth-order valence-electron chi connectivity index (χ4n) is 0.960. The molecule has 0 fully saturated rings. The summed E-state index contributed by atoms with van der Waals surface area (Å²) in [6.45, 7) is 0. The number of nitrogens with zero attached hydrogens (tertiary/aromatic N) is 2. The van der Waals surface area contributed by atoms with E-state index in [1.165, 1.54) is 0 Å². The second kappa shape index (κ2) is 3.11. The molecule has 0 bridgehead atoms. The maximum atomic E-state index is 4.17. The minimum absolute atomic E-state index is 0.896. The van der Waals surface area contributed by atoms with E-state index in [0.29, 0.717) is 0 Å². The van der Waals surface area contributed by atoms with E-state index >= 15 is 0 Å². The van der Waals surface area contributed by atoms with E-state index in [-0.39, 0.29) is 0 Å². The van der Waals surface area contributed by atoms with Gasteiger partial charge in [-0.2, -0.15) is 0 Å². The van der Waals surface area contributed by atoms with E-state index in [9.17, 15) is 0 Å². The third-order valence-corrected chi connectivity index (χ3v) is 3.36. The molecule has 0 N–H and O–H groups in total. The average molecular weight is 288 g/mol. The van der Waals surface area contributed by atoms with Crippen molar-refractivity contribution in [3.63, 3.8) is 0 Å². The normalized spacial score (nSPS) is 10.5. The van der Waals surface area contributed by atoms with Gasteiger partial charge in [0, 0.05) is 21.3 Å². The van der Waals surface area contributed by atoms with Crippen molar-refractivity contribution < 1.29 is 0 Å². The summed E-state index contributed by atoms with van der Waals surface area (Å²) >= 11 is 6.80. The van der Waals surface area contributed by atoms with Gasteiger partial charge in [0.2, 0.25) is 0 Å². The predicted octanol–water partition coefficient (Wildman–Crippen LogP) is 3.15. The fraction of sp³-hybridized carbons (Fsp3) is 0. The molecular weight excluding hydrogens is 284 g/mol. The summed E-state index contributed by atoms with van der Waals surface area (Å²) < 4.78 is 1.99. The van der Waals surface area contributed by atoms with E-state index in [0.717, 1.165) is 20.0 Å². The SMILES string of the molecule is Brc1cc2nccnc2cc1Br. The monoisotopic (exact) mass is 286 g/mol. The first-order valence-corrected chi connectivity index (χ1v) is 4.92. The number of fused-ring (bicyclic) bond motifs is 1. The van der Waals surface area contributed by atoms with Crippen molar-refractivity contribution in [3.8, 4) is 0 Å². The van der Waals surface area contributed by atoms with Crippen molar-refractivity contribution in [2.75, 3.05) is 0 Å². The molecule has 1 aromatic carbocycles. The maximum Gasteiger partial charge on any atom is 0.0898 e. The molecule has 0 unspecified atom stereocenters. The van der Waals surface area contributed by atoms with Crippen molar-refractivity contribution in [3.05, 3.63) is 33.5 Å². The molecule has 2 aromatic rings. The molecule has 0 radical (unpaired) electrons. The summed E-state index contributed by atoms with van der Waals surface area (Å²) in [7, 11) is 0. The summed E-state index contributed by atoms with van der Waals surface area (Å²) in [5.41, 5.74) is 1.79. The first-order chi connectivity index (χ1) is 5.77. The Morgan fingerprint density at radius 2 is 1.25 bits per heavy atom. The zero-order valence-electron chi connectivity index (χ0n) is 5.96. The number of aromatic nitrogens is 2. The quantitative estimate of drug-likeness (QED) is 0.744. The van der Waals surface area contributed by atoms with Crippen LogP contribution in [0.2, 0.25) is 0 Å². The summed E-state index contributed by atoms with van der Waals surface area (Å²) in [4.78, 5) is 8.34. The highest BCUT2D eigenvalue weighted by molar-refractivity contribution is 9.13. The number of benzene rings is 1. The van der Waals surface area contributed by atoms with E-state index in [2.05, 4.69) is 41.8 Å². The van der Waals surface area contributed by atoms with Crippen LogP contribution in [0.15, 0.2) is 33.5 Å². The standard InChI is InChI=1S/C8H4Br2N2/c9-5-3-7-8(4-6(5)10)12-2-1-11-7/h1-4H. The average Bonchev–Trinajstić information content (AvgIpc) is 2.07. The van der Waals surface area contributed by atoms with E-state index < -0.39 is 0 Å². The molecule has 2 rings (SSSR count). The van der Waals surface area contributed by atoms with Gasteiger partial charge in [-0.1, -0.05) is 0 Å². The van der Waals surface area contributed by atoms with Crippen LogP contribution in [-0.4, -0.2) is 9.97 Å². The summed E-state index contributed by atoms with van der Waals surface area (Å²) in [5.74, 6) is 0. The van der Waals surface area contributed by atoms with Crippen molar-refractivity contribution >= 4 is 42.9 Å². The molecule has 0 saturated carbocycles. The Hall–Kier alpha value is -0.480. The van der Waals surface area contributed by atoms with Crippen LogP contribution in [0.1, 0.15) is 0 Å². The molecule has 0 amide bonds. The predicted molar refractivity (Wildman–Crippen MR) is 54.9 cm³/mol. The van der Waals surface area contributed by atoms with Crippen LogP contribution in [0.25, 0.3) is 11.0 Å². The first-order valence-electron chi connectivity index (χ1n) is 3.33. The number of hydrogen-bond donors (Lipinski definition) is 0. The second-order valence-corrected chi connectivity index (χ2v) is 4.02. The lowest BCUT2D eigenvalue weighted by Crippen LogP contribution is -1.82. The smallest absolute Gasteiger partial charge is 0.0898 e. The Balaban J connectivity index is 2.84. The lowest BCUT2D eigenvalue weighted by Gasteiger charge is -1.98. The van der Waals surface area contributed by atoms with Crippen molar-refractivity contribution in [2.24, 2.45) is 0 Å². The van der Waals surface area contributed by atoms with Gasteiger partial charge >= 0.3 is 0 Å². The van der Waals surface area contributed by atoms with Crippen LogP contribution in [0.4, 0.5) is 0 Å². The number of hydrogen-bond acceptors (Lipinski definition) is 2. The van der Waals surface area contributed by atoms with Gasteiger partial charge < -0.3 is 0 Å². The summed E-state index contributed by atoms with van der Waals surface area (Å²) in [6.07, 6.45) is 3.37. The molecule has 1 heterocycles. The number of rotatable bonds is 0. The van der Waals surface area contributed by atoms with Gasteiger partial charge in [-0.3, -0.25) is 9.97 Å². The second-order valence-electron chi connectivity index (χ2n) is 2.31. The topological polar surface area (TPSA) is 25.8 Å². The first kappa shape index (κ1) is 8.13. The lowest BCUT2D eigenvalue weighted by molar-refractivity contribution is 1.29. The minimum Gasteiger partial charge on any atom is -0.253 e. The highest BCUT2D eigenvalue weighted by atomic mass is 79.9. The molecular formula is C8H4Br2N2. The Bertz CT molecular complexity index is 388. The van der Waals surface area contributed by atoms with Gasteiger partial charge in [0.05, 0.1) is 11.0 Å². The zero-order chi connectivity index (χ0) is 8.55. The molecule has 0 aliphatic carbocycles. The zero-order valence-corrected chi connectivity index (χ0v) is 9.13. The van der Waals surface area contributed by atoms with Crippen molar-refractivity contribution in [2.45, 2.75) is 0 Å². The summed E-state index contributed by atoms with van der Waals surface area (Å²) in [5, 5.41) is 0. The molecule has 0 atom stereocenters. The third-order valence-electron chi connectivity index (χ3n) is 1.51.